The van der Waals surface area contributed by atoms with Crippen LogP contribution in [0.15, 0.2) is 60.8 Å². The number of aromatic nitrogens is 5. The second-order valence-electron chi connectivity index (χ2n) is 6.53. The maximum atomic E-state index is 13.2. The Bertz CT molecular complexity index is 1230. The monoisotopic (exact) mass is 413 g/mol. The number of carbonyl (C=O) groups is 1. The van der Waals surface area contributed by atoms with Crippen LogP contribution in [0.4, 0.5) is 13.2 Å². The fourth-order valence-electron chi connectivity index (χ4n) is 2.98. The molecule has 0 spiro atoms. The van der Waals surface area contributed by atoms with Gasteiger partial charge in [-0.1, -0.05) is 17.3 Å². The summed E-state index contributed by atoms with van der Waals surface area (Å²) in [6.45, 7) is 1.50. The summed E-state index contributed by atoms with van der Waals surface area (Å²) >= 11 is 0. The van der Waals surface area contributed by atoms with Crippen molar-refractivity contribution in [3.05, 3.63) is 77.7 Å². The predicted molar refractivity (Wildman–Crippen MR) is 101 cm³/mol. The maximum Gasteiger partial charge on any atom is 0.433 e. The number of alkyl halides is 3. The zero-order valence-electron chi connectivity index (χ0n) is 15.5. The molecule has 7 nitrogen and oxygen atoms in total. The van der Waals surface area contributed by atoms with Gasteiger partial charge in [0.05, 0.1) is 28.8 Å². The maximum absolute atomic E-state index is 13.2. The number of hydrogen-bond donors (Lipinski definition) is 1. The third-order valence-electron chi connectivity index (χ3n) is 4.38. The van der Waals surface area contributed by atoms with E-state index in [1.165, 1.54) is 35.9 Å². The van der Waals surface area contributed by atoms with Crippen molar-refractivity contribution in [2.75, 3.05) is 0 Å². The molecule has 0 bridgehead atoms. The Hall–Kier alpha value is -3.95. The molecule has 2 aromatic heterocycles. The molecular formula is C20H14F3N5O2. The van der Waals surface area contributed by atoms with Crippen molar-refractivity contribution in [1.82, 2.24) is 24.8 Å². The Balaban J connectivity index is 1.64. The van der Waals surface area contributed by atoms with E-state index in [1.807, 2.05) is 0 Å². The molecule has 0 amide bonds. The van der Waals surface area contributed by atoms with Gasteiger partial charge < -0.3 is 5.11 Å². The van der Waals surface area contributed by atoms with E-state index >= 15 is 0 Å². The highest BCUT2D eigenvalue weighted by atomic mass is 19.4. The van der Waals surface area contributed by atoms with Crippen LogP contribution in [0.3, 0.4) is 0 Å². The van der Waals surface area contributed by atoms with Crippen molar-refractivity contribution in [3.8, 4) is 22.6 Å². The SMILES string of the molecule is Cc1cc(C(F)(F)F)n(-c2ccc(-n3cc(-c4cccc(C(=O)O)c4)nn3)cc2)n1. The molecule has 0 fully saturated rings. The minimum atomic E-state index is -4.52. The van der Waals surface area contributed by atoms with Gasteiger partial charge in [0.1, 0.15) is 11.4 Å². The summed E-state index contributed by atoms with van der Waals surface area (Å²) < 4.78 is 41.9. The molecule has 4 aromatic rings. The highest BCUT2D eigenvalue weighted by molar-refractivity contribution is 5.89. The standard InChI is InChI=1S/C20H14F3N5O2/c1-12-9-18(20(21,22)23)28(25-12)16-7-5-15(6-8-16)27-11-17(24-26-27)13-3-2-4-14(10-13)19(29)30/h2-11H,1H3,(H,29,30). The van der Waals surface area contributed by atoms with Gasteiger partial charge in [-0.15, -0.1) is 5.10 Å². The van der Waals surface area contributed by atoms with Gasteiger partial charge in [0.2, 0.25) is 0 Å². The zero-order chi connectivity index (χ0) is 21.5. The Morgan fingerprint density at radius 3 is 2.40 bits per heavy atom. The fraction of sp³-hybridized carbons (Fsp3) is 0.100. The van der Waals surface area contributed by atoms with Crippen LogP contribution in [0.5, 0.6) is 0 Å². The van der Waals surface area contributed by atoms with Crippen LogP contribution < -0.4 is 0 Å². The molecule has 30 heavy (non-hydrogen) atoms. The van der Waals surface area contributed by atoms with E-state index in [1.54, 1.807) is 30.5 Å². The lowest BCUT2D eigenvalue weighted by Gasteiger charge is -2.10. The first-order chi connectivity index (χ1) is 14.2. The van der Waals surface area contributed by atoms with Crippen LogP contribution in [-0.2, 0) is 6.18 Å². The molecule has 1 N–H and O–H groups in total. The number of benzene rings is 2. The number of carboxylic acid groups (broad SMARTS) is 1. The molecule has 2 heterocycles. The largest absolute Gasteiger partial charge is 0.478 e. The van der Waals surface area contributed by atoms with Gasteiger partial charge in [-0.3, -0.25) is 0 Å². The molecule has 152 valence electrons. The van der Waals surface area contributed by atoms with Crippen molar-refractivity contribution in [1.29, 1.82) is 0 Å². The molecule has 4 rings (SSSR count). The topological polar surface area (TPSA) is 85.8 Å². The fourth-order valence-corrected chi connectivity index (χ4v) is 2.98. The molecule has 0 saturated carbocycles. The Morgan fingerprint density at radius 1 is 1.03 bits per heavy atom. The molecular weight excluding hydrogens is 399 g/mol. The molecule has 0 saturated heterocycles. The summed E-state index contributed by atoms with van der Waals surface area (Å²) in [7, 11) is 0. The summed E-state index contributed by atoms with van der Waals surface area (Å²) in [6, 6.07) is 13.5. The molecule has 0 radical (unpaired) electrons. The first-order valence-electron chi connectivity index (χ1n) is 8.73. The zero-order valence-corrected chi connectivity index (χ0v) is 15.5. The van der Waals surface area contributed by atoms with Crippen LogP contribution in [0.1, 0.15) is 21.7 Å². The number of aromatic carboxylic acids is 1. The summed E-state index contributed by atoms with van der Waals surface area (Å²) in [5, 5.41) is 21.1. The van der Waals surface area contributed by atoms with Crippen molar-refractivity contribution in [2.45, 2.75) is 13.1 Å². The van der Waals surface area contributed by atoms with E-state index in [0.29, 0.717) is 16.9 Å². The average Bonchev–Trinajstić information content (AvgIpc) is 3.35. The van der Waals surface area contributed by atoms with E-state index in [0.717, 1.165) is 10.7 Å². The summed E-state index contributed by atoms with van der Waals surface area (Å²) in [5.41, 5.74) is 1.41. The third kappa shape index (κ3) is 3.66. The average molecular weight is 413 g/mol. The second kappa shape index (κ2) is 7.14. The molecule has 0 unspecified atom stereocenters. The quantitative estimate of drug-likeness (QED) is 0.543. The lowest BCUT2D eigenvalue weighted by Crippen LogP contribution is -2.13. The molecule has 2 aromatic carbocycles. The molecule has 0 aliphatic heterocycles. The van der Waals surface area contributed by atoms with Gasteiger partial charge in [0.25, 0.3) is 0 Å². The number of nitrogens with zero attached hydrogens (tertiary/aromatic N) is 5. The second-order valence-corrected chi connectivity index (χ2v) is 6.53. The summed E-state index contributed by atoms with van der Waals surface area (Å²) in [4.78, 5) is 11.1. The lowest BCUT2D eigenvalue weighted by molar-refractivity contribution is -0.142. The normalized spacial score (nSPS) is 11.6. The summed E-state index contributed by atoms with van der Waals surface area (Å²) in [5.74, 6) is -1.05. The van der Waals surface area contributed by atoms with Gasteiger partial charge in [-0.05, 0) is 49.4 Å². The van der Waals surface area contributed by atoms with E-state index in [4.69, 9.17) is 5.11 Å². The van der Waals surface area contributed by atoms with Crippen molar-refractivity contribution >= 4 is 5.97 Å². The summed E-state index contributed by atoms with van der Waals surface area (Å²) in [6.07, 6.45) is -2.92. The molecule has 0 aliphatic carbocycles. The van der Waals surface area contributed by atoms with Gasteiger partial charge in [0, 0.05) is 5.56 Å². The van der Waals surface area contributed by atoms with E-state index in [-0.39, 0.29) is 16.9 Å². The third-order valence-corrected chi connectivity index (χ3v) is 4.38. The Kier molecular flexibility index (Phi) is 4.61. The highest BCUT2D eigenvalue weighted by Gasteiger charge is 2.35. The van der Waals surface area contributed by atoms with E-state index in [2.05, 4.69) is 15.4 Å². The van der Waals surface area contributed by atoms with Crippen molar-refractivity contribution in [2.24, 2.45) is 0 Å². The van der Waals surface area contributed by atoms with Gasteiger partial charge in [-0.25, -0.2) is 14.2 Å². The Morgan fingerprint density at radius 2 is 1.73 bits per heavy atom. The van der Waals surface area contributed by atoms with E-state index < -0.39 is 17.8 Å². The number of rotatable bonds is 4. The number of halogens is 3. The number of aryl methyl sites for hydroxylation is 1. The van der Waals surface area contributed by atoms with Gasteiger partial charge in [0.15, 0.2) is 0 Å². The molecule has 0 aliphatic rings. The van der Waals surface area contributed by atoms with Gasteiger partial charge in [-0.2, -0.15) is 18.3 Å². The predicted octanol–water partition coefficient (Wildman–Crippen LogP) is 4.15. The van der Waals surface area contributed by atoms with Crippen LogP contribution >= 0.6 is 0 Å². The van der Waals surface area contributed by atoms with Gasteiger partial charge >= 0.3 is 12.1 Å². The van der Waals surface area contributed by atoms with Crippen molar-refractivity contribution < 1.29 is 23.1 Å². The smallest absolute Gasteiger partial charge is 0.433 e. The molecule has 0 atom stereocenters. The van der Waals surface area contributed by atoms with Crippen molar-refractivity contribution in [3.63, 3.8) is 0 Å². The lowest BCUT2D eigenvalue weighted by atomic mass is 10.1. The first-order valence-corrected chi connectivity index (χ1v) is 8.73. The molecule has 10 heteroatoms. The van der Waals surface area contributed by atoms with Crippen LogP contribution in [0.2, 0.25) is 0 Å². The van der Waals surface area contributed by atoms with Crippen LogP contribution in [-0.4, -0.2) is 35.9 Å². The number of carboxylic acids is 1. The number of hydrogen-bond acceptors (Lipinski definition) is 4. The van der Waals surface area contributed by atoms with Crippen LogP contribution in [0, 0.1) is 6.92 Å². The van der Waals surface area contributed by atoms with Crippen LogP contribution in [0.25, 0.3) is 22.6 Å². The first kappa shape index (κ1) is 19.4. The minimum Gasteiger partial charge on any atom is -0.478 e. The Labute approximate surface area is 168 Å². The highest BCUT2D eigenvalue weighted by Crippen LogP contribution is 2.31. The van der Waals surface area contributed by atoms with E-state index in [9.17, 15) is 18.0 Å². The minimum absolute atomic E-state index is 0.126.